The van der Waals surface area contributed by atoms with Gasteiger partial charge in [0.25, 0.3) is 0 Å². The first-order valence-corrected chi connectivity index (χ1v) is 7.17. The Morgan fingerprint density at radius 2 is 1.79 bits per heavy atom. The highest BCUT2D eigenvalue weighted by Gasteiger charge is 2.20. The molecule has 4 heteroatoms. The summed E-state index contributed by atoms with van der Waals surface area (Å²) < 4.78 is 0. The van der Waals surface area contributed by atoms with E-state index in [4.69, 9.17) is 11.6 Å². The lowest BCUT2D eigenvalue weighted by molar-refractivity contribution is -0.130. The van der Waals surface area contributed by atoms with Crippen LogP contribution in [0.15, 0.2) is 24.3 Å². The van der Waals surface area contributed by atoms with E-state index in [2.05, 4.69) is 24.0 Å². The van der Waals surface area contributed by atoms with E-state index >= 15 is 0 Å². The Labute approximate surface area is 120 Å². The highest BCUT2D eigenvalue weighted by molar-refractivity contribution is 6.30. The van der Waals surface area contributed by atoms with Crippen molar-refractivity contribution >= 4 is 17.5 Å². The molecule has 0 spiro atoms. The van der Waals surface area contributed by atoms with Crippen molar-refractivity contribution in [3.05, 3.63) is 34.9 Å². The van der Waals surface area contributed by atoms with Gasteiger partial charge in [-0.2, -0.15) is 0 Å². The molecule has 1 amide bonds. The van der Waals surface area contributed by atoms with E-state index in [9.17, 15) is 4.79 Å². The van der Waals surface area contributed by atoms with Crippen molar-refractivity contribution in [2.45, 2.75) is 19.8 Å². The van der Waals surface area contributed by atoms with E-state index in [1.807, 2.05) is 17.0 Å². The third kappa shape index (κ3) is 3.95. The molecule has 1 aromatic rings. The minimum absolute atomic E-state index is 0.186. The summed E-state index contributed by atoms with van der Waals surface area (Å²) in [5.41, 5.74) is 1.32. The molecular weight excluding hydrogens is 260 g/mol. The number of hydrogen-bond acceptors (Lipinski definition) is 2. The summed E-state index contributed by atoms with van der Waals surface area (Å²) in [6.07, 6.45) is 0. The van der Waals surface area contributed by atoms with Gasteiger partial charge in [0.1, 0.15) is 0 Å². The second kappa shape index (κ2) is 6.40. The van der Waals surface area contributed by atoms with Crippen LogP contribution in [0.5, 0.6) is 0 Å². The van der Waals surface area contributed by atoms with Crippen LogP contribution in [0.3, 0.4) is 0 Å². The summed E-state index contributed by atoms with van der Waals surface area (Å²) in [6, 6.07) is 8.08. The monoisotopic (exact) mass is 280 g/mol. The SMILES string of the molecule is CC(=O)N1CCN(CC(C)c2ccc(Cl)cc2)CC1. The smallest absolute Gasteiger partial charge is 0.219 e. The molecule has 1 aliphatic heterocycles. The Morgan fingerprint density at radius 3 is 2.32 bits per heavy atom. The quantitative estimate of drug-likeness (QED) is 0.850. The van der Waals surface area contributed by atoms with Gasteiger partial charge in [-0.25, -0.2) is 0 Å². The van der Waals surface area contributed by atoms with Crippen molar-refractivity contribution in [2.75, 3.05) is 32.7 Å². The lowest BCUT2D eigenvalue weighted by Crippen LogP contribution is -2.48. The summed E-state index contributed by atoms with van der Waals surface area (Å²) >= 11 is 5.91. The molecule has 1 atom stereocenters. The number of hydrogen-bond donors (Lipinski definition) is 0. The van der Waals surface area contributed by atoms with Gasteiger partial charge in [0, 0.05) is 44.7 Å². The summed E-state index contributed by atoms with van der Waals surface area (Å²) in [6.45, 7) is 8.56. The van der Waals surface area contributed by atoms with Crippen LogP contribution in [-0.2, 0) is 4.79 Å². The molecule has 0 saturated carbocycles. The van der Waals surface area contributed by atoms with Crippen molar-refractivity contribution in [1.29, 1.82) is 0 Å². The second-order valence-electron chi connectivity index (χ2n) is 5.26. The van der Waals surface area contributed by atoms with Crippen LogP contribution in [-0.4, -0.2) is 48.4 Å². The summed E-state index contributed by atoms with van der Waals surface area (Å²) in [5.74, 6) is 0.673. The molecule has 1 aliphatic rings. The van der Waals surface area contributed by atoms with Gasteiger partial charge in [-0.15, -0.1) is 0 Å². The molecule has 3 nitrogen and oxygen atoms in total. The van der Waals surface area contributed by atoms with Crippen LogP contribution in [0, 0.1) is 0 Å². The fourth-order valence-corrected chi connectivity index (χ4v) is 2.66. The molecule has 0 aromatic heterocycles. The molecule has 1 aromatic carbocycles. The van der Waals surface area contributed by atoms with E-state index < -0.39 is 0 Å². The highest BCUT2D eigenvalue weighted by Crippen LogP contribution is 2.19. The van der Waals surface area contributed by atoms with Crippen molar-refractivity contribution in [3.63, 3.8) is 0 Å². The Bertz CT molecular complexity index is 424. The third-order valence-electron chi connectivity index (χ3n) is 3.79. The summed E-state index contributed by atoms with van der Waals surface area (Å²) in [7, 11) is 0. The van der Waals surface area contributed by atoms with Crippen LogP contribution in [0.4, 0.5) is 0 Å². The first-order chi connectivity index (χ1) is 9.06. The molecule has 0 bridgehead atoms. The first kappa shape index (κ1) is 14.4. The van der Waals surface area contributed by atoms with Gasteiger partial charge in [0.05, 0.1) is 0 Å². The predicted octanol–water partition coefficient (Wildman–Crippen LogP) is 2.61. The maximum Gasteiger partial charge on any atom is 0.219 e. The zero-order valence-corrected chi connectivity index (χ0v) is 12.4. The van der Waals surface area contributed by atoms with E-state index in [-0.39, 0.29) is 5.91 Å². The fourth-order valence-electron chi connectivity index (χ4n) is 2.53. The largest absolute Gasteiger partial charge is 0.340 e. The van der Waals surface area contributed by atoms with Crippen LogP contribution in [0.1, 0.15) is 25.3 Å². The fraction of sp³-hybridized carbons (Fsp3) is 0.533. The Morgan fingerprint density at radius 1 is 1.21 bits per heavy atom. The summed E-state index contributed by atoms with van der Waals surface area (Å²) in [5, 5.41) is 0.783. The van der Waals surface area contributed by atoms with E-state index in [1.54, 1.807) is 6.92 Å². The lowest BCUT2D eigenvalue weighted by Gasteiger charge is -2.35. The zero-order valence-electron chi connectivity index (χ0n) is 11.6. The lowest BCUT2D eigenvalue weighted by atomic mass is 10.0. The Balaban J connectivity index is 1.85. The first-order valence-electron chi connectivity index (χ1n) is 6.79. The molecular formula is C15H21ClN2O. The van der Waals surface area contributed by atoms with Gasteiger partial charge in [-0.05, 0) is 23.6 Å². The van der Waals surface area contributed by atoms with Crippen molar-refractivity contribution < 1.29 is 4.79 Å². The minimum Gasteiger partial charge on any atom is -0.340 e. The Kier molecular flexibility index (Phi) is 4.83. The standard InChI is InChI=1S/C15H21ClN2O/c1-12(14-3-5-15(16)6-4-14)11-17-7-9-18(10-8-17)13(2)19/h3-6,12H,7-11H2,1-2H3. The molecule has 1 unspecified atom stereocenters. The van der Waals surface area contributed by atoms with E-state index in [0.29, 0.717) is 5.92 Å². The average Bonchev–Trinajstić information content (AvgIpc) is 2.40. The number of halogens is 1. The van der Waals surface area contributed by atoms with Gasteiger partial charge >= 0.3 is 0 Å². The minimum atomic E-state index is 0.186. The zero-order chi connectivity index (χ0) is 13.8. The van der Waals surface area contributed by atoms with Gasteiger partial charge in [0.15, 0.2) is 0 Å². The molecule has 19 heavy (non-hydrogen) atoms. The molecule has 1 fully saturated rings. The van der Waals surface area contributed by atoms with Gasteiger partial charge in [-0.3, -0.25) is 9.69 Å². The normalized spacial score (nSPS) is 18.4. The van der Waals surface area contributed by atoms with Crippen LogP contribution < -0.4 is 0 Å². The maximum atomic E-state index is 11.3. The maximum absolute atomic E-state index is 11.3. The topological polar surface area (TPSA) is 23.6 Å². The van der Waals surface area contributed by atoms with E-state index in [0.717, 1.165) is 37.7 Å². The Hall–Kier alpha value is -1.06. The number of piperazine rings is 1. The third-order valence-corrected chi connectivity index (χ3v) is 4.04. The highest BCUT2D eigenvalue weighted by atomic mass is 35.5. The number of carbonyl (C=O) groups is 1. The number of amides is 1. The van der Waals surface area contributed by atoms with Crippen molar-refractivity contribution in [3.8, 4) is 0 Å². The van der Waals surface area contributed by atoms with Crippen LogP contribution in [0.25, 0.3) is 0 Å². The number of nitrogens with zero attached hydrogens (tertiary/aromatic N) is 2. The number of benzene rings is 1. The van der Waals surface area contributed by atoms with Crippen LogP contribution in [0.2, 0.25) is 5.02 Å². The van der Waals surface area contributed by atoms with E-state index in [1.165, 1.54) is 5.56 Å². The molecule has 1 heterocycles. The number of rotatable bonds is 3. The second-order valence-corrected chi connectivity index (χ2v) is 5.70. The number of carbonyl (C=O) groups excluding carboxylic acids is 1. The van der Waals surface area contributed by atoms with Crippen molar-refractivity contribution in [1.82, 2.24) is 9.80 Å². The molecule has 0 N–H and O–H groups in total. The molecule has 2 rings (SSSR count). The average molecular weight is 281 g/mol. The van der Waals surface area contributed by atoms with Crippen molar-refractivity contribution in [2.24, 2.45) is 0 Å². The summed E-state index contributed by atoms with van der Waals surface area (Å²) in [4.78, 5) is 15.6. The van der Waals surface area contributed by atoms with Crippen LogP contribution >= 0.6 is 11.6 Å². The molecule has 0 aliphatic carbocycles. The molecule has 104 valence electrons. The molecule has 1 saturated heterocycles. The van der Waals surface area contributed by atoms with Gasteiger partial charge < -0.3 is 4.90 Å². The van der Waals surface area contributed by atoms with Gasteiger partial charge in [-0.1, -0.05) is 30.7 Å². The van der Waals surface area contributed by atoms with Gasteiger partial charge in [0.2, 0.25) is 5.91 Å². The predicted molar refractivity (Wildman–Crippen MR) is 78.6 cm³/mol. The molecule has 0 radical (unpaired) electrons.